The summed E-state index contributed by atoms with van der Waals surface area (Å²) in [6, 6.07) is 19.3. The molecule has 1 aromatic heterocycles. The maximum absolute atomic E-state index is 13.2. The van der Waals surface area contributed by atoms with Crippen molar-refractivity contribution in [3.05, 3.63) is 87.8 Å². The van der Waals surface area contributed by atoms with Gasteiger partial charge in [0.2, 0.25) is 5.91 Å². The van der Waals surface area contributed by atoms with E-state index in [9.17, 15) is 14.4 Å². The van der Waals surface area contributed by atoms with Crippen molar-refractivity contribution in [3.63, 3.8) is 0 Å². The van der Waals surface area contributed by atoms with Crippen molar-refractivity contribution in [1.29, 1.82) is 0 Å². The van der Waals surface area contributed by atoms with E-state index in [1.165, 1.54) is 17.7 Å². The van der Waals surface area contributed by atoms with Crippen molar-refractivity contribution in [2.24, 2.45) is 5.41 Å². The minimum absolute atomic E-state index is 0.0459. The van der Waals surface area contributed by atoms with Gasteiger partial charge in [0.05, 0.1) is 5.41 Å². The average Bonchev–Trinajstić information content (AvgIpc) is 3.25. The van der Waals surface area contributed by atoms with Gasteiger partial charge >= 0.3 is 0 Å². The van der Waals surface area contributed by atoms with Gasteiger partial charge in [-0.25, -0.2) is 5.10 Å². The molecule has 7 heteroatoms. The average molecular weight is 445 g/mol. The van der Waals surface area contributed by atoms with Gasteiger partial charge in [-0.1, -0.05) is 54.1 Å². The highest BCUT2D eigenvalue weighted by Crippen LogP contribution is 2.36. The Morgan fingerprint density at radius 1 is 1.09 bits per heavy atom. The molecule has 0 saturated carbocycles. The third-order valence-corrected chi connectivity index (χ3v) is 6.21. The maximum Gasteiger partial charge on any atom is 0.274 e. The lowest BCUT2D eigenvalue weighted by atomic mass is 9.79. The molecule has 3 aromatic rings. The zero-order valence-electron chi connectivity index (χ0n) is 18.9. The summed E-state index contributed by atoms with van der Waals surface area (Å²) in [6.07, 6.45) is 1.09. The largest absolute Gasteiger partial charge is 0.356 e. The van der Waals surface area contributed by atoms with E-state index in [2.05, 4.69) is 58.8 Å². The Balaban J connectivity index is 1.59. The van der Waals surface area contributed by atoms with E-state index in [1.54, 1.807) is 4.90 Å². The van der Waals surface area contributed by atoms with Crippen LogP contribution in [0.25, 0.3) is 11.1 Å². The molecule has 1 fully saturated rings. The van der Waals surface area contributed by atoms with Crippen molar-refractivity contribution >= 4 is 11.8 Å². The third-order valence-electron chi connectivity index (χ3n) is 6.21. The highest BCUT2D eigenvalue weighted by Gasteiger charge is 2.46. The van der Waals surface area contributed by atoms with Crippen molar-refractivity contribution in [2.75, 3.05) is 19.6 Å². The summed E-state index contributed by atoms with van der Waals surface area (Å²) in [5.41, 5.74) is 3.57. The molecule has 4 rings (SSSR count). The Kier molecular flexibility index (Phi) is 6.40. The SMILES string of the molecule is CCNC(=O)C1(Cc2cccc(-c3ccc(C)cc3)c2)CCN(C(=O)c2ccc(=O)[nH]n2)C1. The minimum Gasteiger partial charge on any atom is -0.356 e. The summed E-state index contributed by atoms with van der Waals surface area (Å²) < 4.78 is 0. The Morgan fingerprint density at radius 2 is 1.88 bits per heavy atom. The van der Waals surface area contributed by atoms with E-state index in [4.69, 9.17) is 0 Å². The molecule has 1 atom stereocenters. The molecule has 170 valence electrons. The standard InChI is InChI=1S/C26H28N4O3/c1-3-27-25(33)26(13-14-30(17-26)24(32)22-11-12-23(31)29-28-22)16-19-5-4-6-21(15-19)20-9-7-18(2)8-10-20/h4-12,15H,3,13-14,16-17H2,1-2H3,(H,27,33)(H,29,31). The first-order valence-electron chi connectivity index (χ1n) is 11.2. The number of nitrogens with zero attached hydrogens (tertiary/aromatic N) is 2. The number of benzene rings is 2. The molecule has 1 aliphatic rings. The van der Waals surface area contributed by atoms with Crippen molar-refractivity contribution < 1.29 is 9.59 Å². The lowest BCUT2D eigenvalue weighted by Gasteiger charge is -2.28. The molecule has 33 heavy (non-hydrogen) atoms. The smallest absolute Gasteiger partial charge is 0.274 e. The molecule has 2 aromatic carbocycles. The van der Waals surface area contributed by atoms with Crippen LogP contribution in [0.3, 0.4) is 0 Å². The Labute approximate surface area is 192 Å². The molecule has 0 radical (unpaired) electrons. The third kappa shape index (κ3) is 4.87. The van der Waals surface area contributed by atoms with E-state index >= 15 is 0 Å². The monoisotopic (exact) mass is 444 g/mol. The van der Waals surface area contributed by atoms with Gasteiger partial charge in [0, 0.05) is 25.7 Å². The van der Waals surface area contributed by atoms with Crippen LogP contribution in [0.2, 0.25) is 0 Å². The highest BCUT2D eigenvalue weighted by molar-refractivity contribution is 5.93. The number of aromatic nitrogens is 2. The fraction of sp³-hybridized carbons (Fsp3) is 0.308. The Bertz CT molecular complexity index is 1200. The topological polar surface area (TPSA) is 95.2 Å². The number of rotatable bonds is 6. The van der Waals surface area contributed by atoms with Gasteiger partial charge in [-0.15, -0.1) is 0 Å². The zero-order chi connectivity index (χ0) is 23.4. The zero-order valence-corrected chi connectivity index (χ0v) is 18.9. The molecule has 1 aliphatic heterocycles. The number of nitrogens with one attached hydrogen (secondary N) is 2. The van der Waals surface area contributed by atoms with Crippen LogP contribution in [0.4, 0.5) is 0 Å². The summed E-state index contributed by atoms with van der Waals surface area (Å²) in [7, 11) is 0. The van der Waals surface area contributed by atoms with Gasteiger partial charge in [0.15, 0.2) is 0 Å². The highest BCUT2D eigenvalue weighted by atomic mass is 16.2. The number of hydrogen-bond donors (Lipinski definition) is 2. The van der Waals surface area contributed by atoms with Crippen LogP contribution >= 0.6 is 0 Å². The fourth-order valence-electron chi connectivity index (χ4n) is 4.43. The molecule has 0 bridgehead atoms. The first kappa shape index (κ1) is 22.5. The van der Waals surface area contributed by atoms with Gasteiger partial charge in [0.25, 0.3) is 11.5 Å². The molecule has 0 spiro atoms. The number of carbonyl (C=O) groups is 2. The van der Waals surface area contributed by atoms with Crippen LogP contribution in [0.15, 0.2) is 65.5 Å². The summed E-state index contributed by atoms with van der Waals surface area (Å²) in [6.45, 7) is 5.23. The van der Waals surface area contributed by atoms with Crippen LogP contribution in [0.5, 0.6) is 0 Å². The molecular weight excluding hydrogens is 416 g/mol. The summed E-state index contributed by atoms with van der Waals surface area (Å²) in [5, 5.41) is 9.13. The Morgan fingerprint density at radius 3 is 2.58 bits per heavy atom. The van der Waals surface area contributed by atoms with Crippen molar-refractivity contribution in [3.8, 4) is 11.1 Å². The van der Waals surface area contributed by atoms with Crippen LogP contribution in [-0.2, 0) is 11.2 Å². The second-order valence-corrected chi connectivity index (χ2v) is 8.67. The first-order chi connectivity index (χ1) is 15.9. The number of likely N-dealkylation sites (tertiary alicyclic amines) is 1. The lowest BCUT2D eigenvalue weighted by Crippen LogP contribution is -2.45. The Hall–Kier alpha value is -3.74. The number of aryl methyl sites for hydroxylation is 1. The summed E-state index contributed by atoms with van der Waals surface area (Å²) in [4.78, 5) is 39.1. The van der Waals surface area contributed by atoms with Gasteiger partial charge < -0.3 is 10.2 Å². The second-order valence-electron chi connectivity index (χ2n) is 8.67. The molecule has 2 heterocycles. The molecule has 2 amide bonds. The second kappa shape index (κ2) is 9.40. The lowest BCUT2D eigenvalue weighted by molar-refractivity contribution is -0.130. The summed E-state index contributed by atoms with van der Waals surface area (Å²) >= 11 is 0. The maximum atomic E-state index is 13.2. The van der Waals surface area contributed by atoms with Crippen LogP contribution in [0.1, 0.15) is 35.0 Å². The van der Waals surface area contributed by atoms with Crippen molar-refractivity contribution in [1.82, 2.24) is 20.4 Å². The minimum atomic E-state index is -0.722. The number of hydrogen-bond acceptors (Lipinski definition) is 4. The van der Waals surface area contributed by atoms with E-state index in [1.807, 2.05) is 19.1 Å². The van der Waals surface area contributed by atoms with E-state index in [0.717, 1.165) is 16.7 Å². The molecule has 1 unspecified atom stereocenters. The molecule has 0 aliphatic carbocycles. The van der Waals surface area contributed by atoms with Gasteiger partial charge in [-0.3, -0.25) is 14.4 Å². The number of aromatic amines is 1. The van der Waals surface area contributed by atoms with E-state index in [0.29, 0.717) is 32.5 Å². The van der Waals surface area contributed by atoms with Crippen LogP contribution in [0, 0.1) is 12.3 Å². The van der Waals surface area contributed by atoms with Crippen LogP contribution < -0.4 is 10.9 Å². The predicted molar refractivity (Wildman–Crippen MR) is 127 cm³/mol. The van der Waals surface area contributed by atoms with E-state index in [-0.39, 0.29) is 23.1 Å². The van der Waals surface area contributed by atoms with Gasteiger partial charge in [-0.2, -0.15) is 5.10 Å². The molecule has 2 N–H and O–H groups in total. The normalized spacial score (nSPS) is 17.7. The number of amides is 2. The van der Waals surface area contributed by atoms with E-state index < -0.39 is 5.41 Å². The molecule has 1 saturated heterocycles. The summed E-state index contributed by atoms with van der Waals surface area (Å²) in [5.74, 6) is -0.332. The predicted octanol–water partition coefficient (Wildman–Crippen LogP) is 2.96. The number of carbonyl (C=O) groups excluding carboxylic acids is 2. The fourth-order valence-corrected chi connectivity index (χ4v) is 4.43. The van der Waals surface area contributed by atoms with Crippen LogP contribution in [-0.4, -0.2) is 46.5 Å². The van der Waals surface area contributed by atoms with Gasteiger partial charge in [0.1, 0.15) is 5.69 Å². The van der Waals surface area contributed by atoms with Crippen molar-refractivity contribution in [2.45, 2.75) is 26.7 Å². The molecular formula is C26H28N4O3. The first-order valence-corrected chi connectivity index (χ1v) is 11.2. The van der Waals surface area contributed by atoms with Gasteiger partial charge in [-0.05, 0) is 49.4 Å². The quantitative estimate of drug-likeness (QED) is 0.611. The number of H-pyrrole nitrogens is 1. The molecule has 7 nitrogen and oxygen atoms in total.